The third-order valence-electron chi connectivity index (χ3n) is 8.09. The molecule has 8 atom stereocenters. The van der Waals surface area contributed by atoms with Crippen LogP contribution in [0.4, 0.5) is 0 Å². The predicted molar refractivity (Wildman–Crippen MR) is 113 cm³/mol. The van der Waals surface area contributed by atoms with E-state index in [2.05, 4.69) is 35.1 Å². The SMILES string of the molecule is CC1CC2C(CN1)CC(C1CC(C(=O)NC3CNCCN3)CCC1C)C(=O)N2C. The molecule has 3 saturated heterocycles. The summed E-state index contributed by atoms with van der Waals surface area (Å²) in [4.78, 5) is 28.3. The number of rotatable bonds is 3. The van der Waals surface area contributed by atoms with E-state index in [1.807, 2.05) is 11.9 Å². The first-order chi connectivity index (χ1) is 13.9. The lowest BCUT2D eigenvalue weighted by Crippen LogP contribution is -2.60. The van der Waals surface area contributed by atoms with Crippen molar-refractivity contribution in [1.29, 1.82) is 0 Å². The van der Waals surface area contributed by atoms with Gasteiger partial charge in [0.05, 0.1) is 6.17 Å². The Labute approximate surface area is 175 Å². The van der Waals surface area contributed by atoms with Gasteiger partial charge in [-0.05, 0) is 56.8 Å². The number of piperazine rings is 1. The van der Waals surface area contributed by atoms with E-state index >= 15 is 0 Å². The van der Waals surface area contributed by atoms with Gasteiger partial charge in [0.15, 0.2) is 0 Å². The Morgan fingerprint density at radius 1 is 1.07 bits per heavy atom. The van der Waals surface area contributed by atoms with Crippen molar-refractivity contribution in [2.24, 2.45) is 29.6 Å². The Kier molecular flexibility index (Phi) is 6.47. The number of amides is 2. The van der Waals surface area contributed by atoms with Crippen molar-refractivity contribution in [3.05, 3.63) is 0 Å². The van der Waals surface area contributed by atoms with Crippen molar-refractivity contribution < 1.29 is 9.59 Å². The number of nitrogens with zero attached hydrogens (tertiary/aromatic N) is 1. The number of nitrogens with one attached hydrogen (secondary N) is 4. The van der Waals surface area contributed by atoms with Crippen LogP contribution in [0.1, 0.15) is 46.0 Å². The second-order valence-corrected chi connectivity index (χ2v) is 10.0. The zero-order chi connectivity index (χ0) is 20.5. The standard InChI is InChI=1S/C22H39N5O2/c1-13-4-5-15(21(28)26-20-12-23-6-7-24-20)9-17(13)18-10-16-11-25-14(2)8-19(16)27(3)22(18)29/h13-20,23-25H,4-12H2,1-3H3,(H,26,28). The first kappa shape index (κ1) is 21.1. The highest BCUT2D eigenvalue weighted by atomic mass is 16.2. The van der Waals surface area contributed by atoms with Crippen molar-refractivity contribution in [3.8, 4) is 0 Å². The predicted octanol–water partition coefficient (Wildman–Crippen LogP) is 0.519. The number of hydrogen-bond donors (Lipinski definition) is 4. The number of likely N-dealkylation sites (tertiary alicyclic amines) is 1. The number of carbonyl (C=O) groups is 2. The fourth-order valence-electron chi connectivity index (χ4n) is 6.25. The molecule has 29 heavy (non-hydrogen) atoms. The molecule has 7 heteroatoms. The number of carbonyl (C=O) groups excluding carboxylic acids is 2. The minimum Gasteiger partial charge on any atom is -0.342 e. The first-order valence-electron chi connectivity index (χ1n) is 11.7. The minimum absolute atomic E-state index is 0.0209. The molecule has 8 unspecified atom stereocenters. The van der Waals surface area contributed by atoms with Crippen molar-refractivity contribution in [1.82, 2.24) is 26.2 Å². The molecule has 7 nitrogen and oxygen atoms in total. The fraction of sp³-hybridized carbons (Fsp3) is 0.909. The summed E-state index contributed by atoms with van der Waals surface area (Å²) in [5.41, 5.74) is 0. The number of hydrogen-bond acceptors (Lipinski definition) is 5. The summed E-state index contributed by atoms with van der Waals surface area (Å²) in [6.45, 7) is 8.11. The Bertz CT molecular complexity index is 608. The molecule has 2 amide bonds. The van der Waals surface area contributed by atoms with Crippen LogP contribution in [0.25, 0.3) is 0 Å². The Morgan fingerprint density at radius 2 is 1.90 bits per heavy atom. The molecular formula is C22H39N5O2. The minimum atomic E-state index is 0.0209. The molecule has 164 valence electrons. The molecule has 4 N–H and O–H groups in total. The molecule has 3 aliphatic heterocycles. The molecule has 4 fully saturated rings. The maximum Gasteiger partial charge on any atom is 0.225 e. The van der Waals surface area contributed by atoms with E-state index in [1.165, 1.54) is 0 Å². The van der Waals surface area contributed by atoms with Gasteiger partial charge in [0.25, 0.3) is 0 Å². The first-order valence-corrected chi connectivity index (χ1v) is 11.7. The van der Waals surface area contributed by atoms with Crippen LogP contribution in [0.15, 0.2) is 0 Å². The van der Waals surface area contributed by atoms with Gasteiger partial charge in [0.2, 0.25) is 11.8 Å². The molecule has 4 rings (SSSR count). The topological polar surface area (TPSA) is 85.5 Å². The zero-order valence-corrected chi connectivity index (χ0v) is 18.2. The summed E-state index contributed by atoms with van der Waals surface area (Å²) in [7, 11) is 2.00. The number of piperidine rings is 2. The molecule has 1 aliphatic carbocycles. The molecule has 3 heterocycles. The van der Waals surface area contributed by atoms with E-state index in [1.54, 1.807) is 0 Å². The van der Waals surface area contributed by atoms with E-state index in [0.29, 0.717) is 35.7 Å². The Morgan fingerprint density at radius 3 is 2.66 bits per heavy atom. The van der Waals surface area contributed by atoms with E-state index in [0.717, 1.165) is 58.3 Å². The van der Waals surface area contributed by atoms with Crippen molar-refractivity contribution >= 4 is 11.8 Å². The smallest absolute Gasteiger partial charge is 0.225 e. The molecule has 0 aromatic carbocycles. The average molecular weight is 406 g/mol. The molecular weight excluding hydrogens is 366 g/mol. The van der Waals surface area contributed by atoms with Crippen LogP contribution in [0.3, 0.4) is 0 Å². The third-order valence-corrected chi connectivity index (χ3v) is 8.09. The van der Waals surface area contributed by atoms with Crippen LogP contribution in [0.2, 0.25) is 0 Å². The van der Waals surface area contributed by atoms with Gasteiger partial charge in [-0.3, -0.25) is 14.9 Å². The highest BCUT2D eigenvalue weighted by Gasteiger charge is 2.47. The monoisotopic (exact) mass is 405 g/mol. The van der Waals surface area contributed by atoms with Crippen LogP contribution >= 0.6 is 0 Å². The molecule has 4 aliphatic rings. The highest BCUT2D eigenvalue weighted by Crippen LogP contribution is 2.44. The van der Waals surface area contributed by atoms with Crippen LogP contribution in [-0.2, 0) is 9.59 Å². The number of fused-ring (bicyclic) bond motifs is 1. The van der Waals surface area contributed by atoms with Crippen LogP contribution < -0.4 is 21.3 Å². The third kappa shape index (κ3) is 4.47. The normalized spacial score (nSPS) is 43.6. The van der Waals surface area contributed by atoms with E-state index in [9.17, 15) is 9.59 Å². The van der Waals surface area contributed by atoms with E-state index in [4.69, 9.17) is 0 Å². The quantitative estimate of drug-likeness (QED) is 0.550. The highest BCUT2D eigenvalue weighted by molar-refractivity contribution is 5.81. The van der Waals surface area contributed by atoms with E-state index in [-0.39, 0.29) is 23.9 Å². The van der Waals surface area contributed by atoms with Gasteiger partial charge in [-0.25, -0.2) is 0 Å². The Hall–Kier alpha value is -1.18. The fourth-order valence-corrected chi connectivity index (χ4v) is 6.25. The second kappa shape index (κ2) is 8.90. The molecule has 0 spiro atoms. The van der Waals surface area contributed by atoms with Gasteiger partial charge in [0, 0.05) is 57.1 Å². The van der Waals surface area contributed by atoms with E-state index < -0.39 is 0 Å². The van der Waals surface area contributed by atoms with Crippen molar-refractivity contribution in [2.75, 3.05) is 33.2 Å². The summed E-state index contributed by atoms with van der Waals surface area (Å²) < 4.78 is 0. The zero-order valence-electron chi connectivity index (χ0n) is 18.2. The lowest BCUT2D eigenvalue weighted by atomic mass is 9.64. The maximum atomic E-state index is 13.3. The molecule has 0 bridgehead atoms. The second-order valence-electron chi connectivity index (χ2n) is 10.0. The van der Waals surface area contributed by atoms with Gasteiger partial charge in [0.1, 0.15) is 0 Å². The lowest BCUT2D eigenvalue weighted by Gasteiger charge is -2.50. The van der Waals surface area contributed by atoms with Gasteiger partial charge in [-0.1, -0.05) is 6.92 Å². The van der Waals surface area contributed by atoms with Crippen LogP contribution in [0, 0.1) is 29.6 Å². The van der Waals surface area contributed by atoms with Gasteiger partial charge in [-0.2, -0.15) is 0 Å². The van der Waals surface area contributed by atoms with Gasteiger partial charge in [-0.15, -0.1) is 0 Å². The maximum absolute atomic E-state index is 13.3. The van der Waals surface area contributed by atoms with Gasteiger partial charge >= 0.3 is 0 Å². The van der Waals surface area contributed by atoms with Crippen LogP contribution in [-0.4, -0.2) is 68.2 Å². The molecule has 1 saturated carbocycles. The lowest BCUT2D eigenvalue weighted by molar-refractivity contribution is -0.149. The van der Waals surface area contributed by atoms with Crippen LogP contribution in [0.5, 0.6) is 0 Å². The summed E-state index contributed by atoms with van der Waals surface area (Å²) in [6, 6.07) is 0.852. The van der Waals surface area contributed by atoms with Gasteiger partial charge < -0.3 is 20.9 Å². The molecule has 0 aromatic heterocycles. The Balaban J connectivity index is 1.41. The summed E-state index contributed by atoms with van der Waals surface area (Å²) in [5.74, 6) is 1.92. The summed E-state index contributed by atoms with van der Waals surface area (Å²) in [6.07, 6.45) is 4.87. The largest absolute Gasteiger partial charge is 0.342 e. The molecule has 0 radical (unpaired) electrons. The average Bonchev–Trinajstić information content (AvgIpc) is 2.72. The van der Waals surface area contributed by atoms with Crippen molar-refractivity contribution in [2.45, 2.75) is 64.2 Å². The summed E-state index contributed by atoms with van der Waals surface area (Å²) >= 11 is 0. The summed E-state index contributed by atoms with van der Waals surface area (Å²) in [5, 5.41) is 13.5. The van der Waals surface area contributed by atoms with Crippen molar-refractivity contribution in [3.63, 3.8) is 0 Å². The molecule has 0 aromatic rings.